The van der Waals surface area contributed by atoms with Gasteiger partial charge in [-0.3, -0.25) is 4.79 Å². The van der Waals surface area contributed by atoms with Crippen molar-refractivity contribution in [3.05, 3.63) is 23.5 Å². The maximum Gasteiger partial charge on any atom is 0.166 e. The highest BCUT2D eigenvalue weighted by molar-refractivity contribution is 5.73. The van der Waals surface area contributed by atoms with Gasteiger partial charge in [0.1, 0.15) is 0 Å². The third kappa shape index (κ3) is 1.58. The summed E-state index contributed by atoms with van der Waals surface area (Å²) in [5.74, 6) is 0. The third-order valence-electron chi connectivity index (χ3n) is 1.83. The Morgan fingerprint density at radius 3 is 2.33 bits per heavy atom. The lowest BCUT2D eigenvalue weighted by Gasteiger charge is -2.22. The normalized spacial score (nSPS) is 11.7. The van der Waals surface area contributed by atoms with Crippen LogP contribution in [-0.4, -0.2) is 10.9 Å². The van der Waals surface area contributed by atoms with E-state index in [2.05, 4.69) is 20.8 Å². The topological polar surface area (TPSA) is 22.0 Å². The highest BCUT2D eigenvalue weighted by Gasteiger charge is 2.15. The molecular weight excluding hydrogens is 150 g/mol. The minimum atomic E-state index is -0.00942. The first-order valence-corrected chi connectivity index (χ1v) is 4.10. The van der Waals surface area contributed by atoms with Gasteiger partial charge >= 0.3 is 0 Å². The molecule has 0 aliphatic carbocycles. The summed E-state index contributed by atoms with van der Waals surface area (Å²) in [6.07, 6.45) is 2.90. The second kappa shape index (κ2) is 2.77. The van der Waals surface area contributed by atoms with Crippen LogP contribution in [-0.2, 0) is 5.54 Å². The molecule has 1 rings (SSSR count). The van der Waals surface area contributed by atoms with Crippen molar-refractivity contribution in [3.63, 3.8) is 0 Å². The number of aldehydes is 1. The van der Waals surface area contributed by atoms with Crippen molar-refractivity contribution in [1.29, 1.82) is 0 Å². The highest BCUT2D eigenvalue weighted by Crippen LogP contribution is 2.18. The average Bonchev–Trinajstić information content (AvgIpc) is 2.29. The van der Waals surface area contributed by atoms with Gasteiger partial charge in [-0.05, 0) is 39.3 Å². The Kier molecular flexibility index (Phi) is 2.09. The summed E-state index contributed by atoms with van der Waals surface area (Å²) in [5, 5.41) is 0. The van der Waals surface area contributed by atoms with Crippen LogP contribution in [0.2, 0.25) is 0 Å². The van der Waals surface area contributed by atoms with Crippen LogP contribution in [0, 0.1) is 6.92 Å². The number of rotatable bonds is 1. The Morgan fingerprint density at radius 1 is 1.42 bits per heavy atom. The van der Waals surface area contributed by atoms with Crippen molar-refractivity contribution >= 4 is 6.29 Å². The van der Waals surface area contributed by atoms with Gasteiger partial charge < -0.3 is 4.57 Å². The summed E-state index contributed by atoms with van der Waals surface area (Å²) < 4.78 is 2.00. The molecular formula is C10H15NO. The minimum Gasteiger partial charge on any atom is -0.340 e. The van der Waals surface area contributed by atoms with Crippen LogP contribution >= 0.6 is 0 Å². The largest absolute Gasteiger partial charge is 0.340 e. The molecule has 1 aromatic heterocycles. The number of aromatic nitrogens is 1. The van der Waals surface area contributed by atoms with Crippen molar-refractivity contribution in [2.24, 2.45) is 0 Å². The van der Waals surface area contributed by atoms with Gasteiger partial charge in [-0.25, -0.2) is 0 Å². The molecule has 0 atom stereocenters. The molecule has 1 heterocycles. The molecule has 12 heavy (non-hydrogen) atoms. The van der Waals surface area contributed by atoms with Crippen molar-refractivity contribution < 1.29 is 4.79 Å². The fourth-order valence-electron chi connectivity index (χ4n) is 1.29. The van der Waals surface area contributed by atoms with Gasteiger partial charge in [-0.15, -0.1) is 0 Å². The number of hydrogen-bond donors (Lipinski definition) is 0. The fraction of sp³-hybridized carbons (Fsp3) is 0.500. The van der Waals surface area contributed by atoms with Crippen LogP contribution in [0.3, 0.4) is 0 Å². The molecule has 2 heteroatoms. The third-order valence-corrected chi connectivity index (χ3v) is 1.83. The molecule has 0 radical (unpaired) electrons. The van der Waals surface area contributed by atoms with Crippen LogP contribution in [0.1, 0.15) is 36.8 Å². The van der Waals surface area contributed by atoms with Crippen LogP contribution in [0.15, 0.2) is 12.3 Å². The molecule has 0 amide bonds. The van der Waals surface area contributed by atoms with Crippen LogP contribution in [0.4, 0.5) is 0 Å². The first-order valence-electron chi connectivity index (χ1n) is 4.10. The van der Waals surface area contributed by atoms with Crippen molar-refractivity contribution in [3.8, 4) is 0 Å². The zero-order chi connectivity index (χ0) is 9.35. The summed E-state index contributed by atoms with van der Waals surface area (Å²) in [5.41, 5.74) is 1.87. The van der Waals surface area contributed by atoms with Crippen LogP contribution in [0.25, 0.3) is 0 Å². The second-order valence-electron chi connectivity index (χ2n) is 4.10. The van der Waals surface area contributed by atoms with E-state index in [-0.39, 0.29) is 5.54 Å². The van der Waals surface area contributed by atoms with Gasteiger partial charge in [0.25, 0.3) is 0 Å². The molecule has 0 saturated carbocycles. The second-order valence-corrected chi connectivity index (χ2v) is 4.10. The summed E-state index contributed by atoms with van der Waals surface area (Å²) in [7, 11) is 0. The number of carbonyl (C=O) groups excluding carboxylic acids is 1. The molecule has 66 valence electrons. The molecule has 0 spiro atoms. The highest BCUT2D eigenvalue weighted by atomic mass is 16.1. The van der Waals surface area contributed by atoms with Gasteiger partial charge in [-0.1, -0.05) is 0 Å². The van der Waals surface area contributed by atoms with Crippen molar-refractivity contribution in [2.75, 3.05) is 0 Å². The monoisotopic (exact) mass is 165 g/mol. The molecule has 0 saturated heterocycles. The van der Waals surface area contributed by atoms with Gasteiger partial charge in [-0.2, -0.15) is 0 Å². The standard InChI is InChI=1S/C10H15NO/c1-8-5-9(7-12)11(6-8)10(2,3)4/h5-7H,1-4H3. The molecule has 0 aliphatic rings. The van der Waals surface area contributed by atoms with Gasteiger partial charge in [0, 0.05) is 11.7 Å². The van der Waals surface area contributed by atoms with Crippen molar-refractivity contribution in [2.45, 2.75) is 33.2 Å². The number of nitrogens with zero attached hydrogens (tertiary/aromatic N) is 1. The lowest BCUT2D eigenvalue weighted by atomic mass is 10.1. The maximum absolute atomic E-state index is 10.7. The predicted molar refractivity (Wildman–Crippen MR) is 49.6 cm³/mol. The Balaban J connectivity index is 3.22. The predicted octanol–water partition coefficient (Wildman–Crippen LogP) is 2.36. The van der Waals surface area contributed by atoms with E-state index >= 15 is 0 Å². The average molecular weight is 165 g/mol. The first kappa shape index (κ1) is 9.04. The molecule has 1 aromatic rings. The maximum atomic E-state index is 10.7. The van der Waals surface area contributed by atoms with E-state index < -0.39 is 0 Å². The van der Waals surface area contributed by atoms with E-state index in [1.54, 1.807) is 0 Å². The lowest BCUT2D eigenvalue weighted by molar-refractivity contribution is 0.111. The lowest BCUT2D eigenvalue weighted by Crippen LogP contribution is -2.22. The Morgan fingerprint density at radius 2 is 2.00 bits per heavy atom. The number of carbonyl (C=O) groups is 1. The van der Waals surface area contributed by atoms with E-state index in [1.165, 1.54) is 0 Å². The van der Waals surface area contributed by atoms with Gasteiger partial charge in [0.05, 0.1) is 5.69 Å². The molecule has 0 aliphatic heterocycles. The summed E-state index contributed by atoms with van der Waals surface area (Å²) >= 11 is 0. The minimum absolute atomic E-state index is 0.00942. The quantitative estimate of drug-likeness (QED) is 0.585. The van der Waals surface area contributed by atoms with Crippen LogP contribution in [0.5, 0.6) is 0 Å². The molecule has 0 N–H and O–H groups in total. The number of aryl methyl sites for hydroxylation is 1. The van der Waals surface area contributed by atoms with E-state index in [9.17, 15) is 4.79 Å². The van der Waals surface area contributed by atoms with E-state index in [0.717, 1.165) is 17.5 Å². The van der Waals surface area contributed by atoms with E-state index in [1.807, 2.05) is 23.8 Å². The summed E-state index contributed by atoms with van der Waals surface area (Å²) in [6, 6.07) is 1.90. The van der Waals surface area contributed by atoms with Gasteiger partial charge in [0.2, 0.25) is 0 Å². The molecule has 0 bridgehead atoms. The Hall–Kier alpha value is -1.05. The Labute approximate surface area is 73.2 Å². The summed E-state index contributed by atoms with van der Waals surface area (Å²) in [6.45, 7) is 8.24. The Bertz CT molecular complexity index is 291. The molecule has 0 aromatic carbocycles. The smallest absolute Gasteiger partial charge is 0.166 e. The van der Waals surface area contributed by atoms with Gasteiger partial charge in [0.15, 0.2) is 6.29 Å². The zero-order valence-corrected chi connectivity index (χ0v) is 8.09. The molecule has 0 unspecified atom stereocenters. The van der Waals surface area contributed by atoms with Crippen molar-refractivity contribution in [1.82, 2.24) is 4.57 Å². The van der Waals surface area contributed by atoms with E-state index in [0.29, 0.717) is 0 Å². The summed E-state index contributed by atoms with van der Waals surface area (Å²) in [4.78, 5) is 10.7. The molecule has 0 fully saturated rings. The van der Waals surface area contributed by atoms with Crippen LogP contribution < -0.4 is 0 Å². The fourth-order valence-corrected chi connectivity index (χ4v) is 1.29. The van der Waals surface area contributed by atoms with E-state index in [4.69, 9.17) is 0 Å². The first-order chi connectivity index (χ1) is 5.45. The number of hydrogen-bond acceptors (Lipinski definition) is 1. The zero-order valence-electron chi connectivity index (χ0n) is 8.09. The SMILES string of the molecule is Cc1cc(C=O)n(C(C)(C)C)c1. The molecule has 2 nitrogen and oxygen atoms in total.